The minimum absolute atomic E-state index is 0.219. The highest BCUT2D eigenvalue weighted by molar-refractivity contribution is 9.10. The zero-order valence-corrected chi connectivity index (χ0v) is 14.4. The van der Waals surface area contributed by atoms with Crippen LogP contribution in [0.3, 0.4) is 0 Å². The topological polar surface area (TPSA) is 77.1 Å². The van der Waals surface area contributed by atoms with Gasteiger partial charge in [-0.05, 0) is 40.2 Å². The number of hydrogen-bond acceptors (Lipinski definition) is 4. The highest BCUT2D eigenvalue weighted by atomic mass is 79.9. The van der Waals surface area contributed by atoms with Gasteiger partial charge in [0.15, 0.2) is 0 Å². The Labute approximate surface area is 142 Å². The van der Waals surface area contributed by atoms with E-state index in [9.17, 15) is 8.42 Å². The number of benzene rings is 1. The quantitative estimate of drug-likeness (QED) is 0.695. The Kier molecular flexibility index (Phi) is 4.65. The zero-order chi connectivity index (χ0) is 16.3. The van der Waals surface area contributed by atoms with Gasteiger partial charge in [-0.25, -0.2) is 13.1 Å². The molecular formula is C15H14BrN3O3S. The normalized spacial score (nSPS) is 11.7. The van der Waals surface area contributed by atoms with E-state index in [-0.39, 0.29) is 11.4 Å². The van der Waals surface area contributed by atoms with Gasteiger partial charge in [-0.1, -0.05) is 12.1 Å². The molecule has 0 aliphatic carbocycles. The van der Waals surface area contributed by atoms with Crippen molar-refractivity contribution in [3.05, 3.63) is 59.5 Å². The Morgan fingerprint density at radius 1 is 1.22 bits per heavy atom. The van der Waals surface area contributed by atoms with E-state index in [1.807, 2.05) is 12.3 Å². The van der Waals surface area contributed by atoms with Crippen molar-refractivity contribution in [3.63, 3.8) is 0 Å². The molecule has 2 heterocycles. The first-order valence-electron chi connectivity index (χ1n) is 6.87. The number of halogens is 1. The minimum atomic E-state index is -3.55. The predicted octanol–water partition coefficient (Wildman–Crippen LogP) is 2.88. The first-order chi connectivity index (χ1) is 11.1. The summed E-state index contributed by atoms with van der Waals surface area (Å²) in [5.41, 5.74) is 0.851. The maximum absolute atomic E-state index is 12.2. The van der Waals surface area contributed by atoms with Crippen LogP contribution >= 0.6 is 15.9 Å². The summed E-state index contributed by atoms with van der Waals surface area (Å²) in [5.74, 6) is 0.727. The molecule has 6 nitrogen and oxygen atoms in total. The maximum atomic E-state index is 12.2. The van der Waals surface area contributed by atoms with Crippen LogP contribution in [0.1, 0.15) is 0 Å². The first kappa shape index (κ1) is 16.0. The molecule has 0 aliphatic rings. The van der Waals surface area contributed by atoms with Crippen molar-refractivity contribution < 1.29 is 12.8 Å². The lowest BCUT2D eigenvalue weighted by Crippen LogP contribution is -2.27. The molecule has 2 aromatic heterocycles. The van der Waals surface area contributed by atoms with Gasteiger partial charge in [0.05, 0.1) is 29.5 Å². The molecule has 0 saturated carbocycles. The largest absolute Gasteiger partial charge is 0.464 e. The van der Waals surface area contributed by atoms with Crippen LogP contribution in [0, 0.1) is 0 Å². The van der Waals surface area contributed by atoms with Crippen molar-refractivity contribution in [3.8, 4) is 11.3 Å². The zero-order valence-electron chi connectivity index (χ0n) is 12.0. The number of aromatic nitrogens is 2. The third-order valence-electron chi connectivity index (χ3n) is 3.20. The van der Waals surface area contributed by atoms with Crippen LogP contribution in [0.5, 0.6) is 0 Å². The van der Waals surface area contributed by atoms with Crippen molar-refractivity contribution in [2.24, 2.45) is 0 Å². The Morgan fingerprint density at radius 2 is 2.04 bits per heavy atom. The summed E-state index contributed by atoms with van der Waals surface area (Å²) < 4.78 is 34.6. The molecule has 0 radical (unpaired) electrons. The Bertz CT molecular complexity index is 888. The van der Waals surface area contributed by atoms with Crippen LogP contribution in [0.25, 0.3) is 11.3 Å². The molecule has 0 bridgehead atoms. The molecule has 0 fully saturated rings. The summed E-state index contributed by atoms with van der Waals surface area (Å²) in [7, 11) is -3.55. The predicted molar refractivity (Wildman–Crippen MR) is 89.3 cm³/mol. The number of rotatable bonds is 6. The first-order valence-corrected chi connectivity index (χ1v) is 9.14. The second-order valence-corrected chi connectivity index (χ2v) is 7.39. The van der Waals surface area contributed by atoms with Crippen molar-refractivity contribution in [1.82, 2.24) is 14.5 Å². The standard InChI is InChI=1S/C15H14BrN3O3S/c16-13-4-1-2-6-15(13)23(20,21)18-7-8-19-11-12(10-17-19)14-5-3-9-22-14/h1-6,9-11,18H,7-8H2. The number of sulfonamides is 1. The molecule has 0 saturated heterocycles. The summed E-state index contributed by atoms with van der Waals surface area (Å²) in [6.45, 7) is 0.660. The van der Waals surface area contributed by atoms with Gasteiger partial charge in [0, 0.05) is 17.2 Å². The second kappa shape index (κ2) is 6.69. The fourth-order valence-electron chi connectivity index (χ4n) is 2.09. The van der Waals surface area contributed by atoms with Gasteiger partial charge >= 0.3 is 0 Å². The molecule has 0 spiro atoms. The van der Waals surface area contributed by atoms with E-state index in [2.05, 4.69) is 25.8 Å². The molecule has 0 amide bonds. The van der Waals surface area contributed by atoms with Crippen LogP contribution in [-0.2, 0) is 16.6 Å². The summed E-state index contributed by atoms with van der Waals surface area (Å²) in [6.07, 6.45) is 5.09. The van der Waals surface area contributed by atoms with Crippen molar-refractivity contribution in [1.29, 1.82) is 0 Å². The van der Waals surface area contributed by atoms with Crippen LogP contribution in [0.4, 0.5) is 0 Å². The average Bonchev–Trinajstić information content (AvgIpc) is 3.18. The third kappa shape index (κ3) is 3.72. The smallest absolute Gasteiger partial charge is 0.241 e. The summed E-state index contributed by atoms with van der Waals surface area (Å²) in [6, 6.07) is 10.3. The Hall–Kier alpha value is -1.90. The van der Waals surface area contributed by atoms with Crippen LogP contribution in [0.15, 0.2) is 68.8 Å². The fourth-order valence-corrected chi connectivity index (χ4v) is 4.11. The molecular weight excluding hydrogens is 382 g/mol. The van der Waals surface area contributed by atoms with Crippen molar-refractivity contribution in [2.75, 3.05) is 6.54 Å². The average molecular weight is 396 g/mol. The second-order valence-electron chi connectivity index (χ2n) is 4.80. The summed E-state index contributed by atoms with van der Waals surface area (Å²) in [4.78, 5) is 0.219. The van der Waals surface area contributed by atoms with Crippen LogP contribution in [-0.4, -0.2) is 24.7 Å². The van der Waals surface area contributed by atoms with Crippen LogP contribution in [0.2, 0.25) is 0 Å². The van der Waals surface area contributed by atoms with Crippen molar-refractivity contribution in [2.45, 2.75) is 11.4 Å². The molecule has 1 N–H and O–H groups in total. The van der Waals surface area contributed by atoms with Crippen molar-refractivity contribution >= 4 is 26.0 Å². The van der Waals surface area contributed by atoms with Gasteiger partial charge in [-0.2, -0.15) is 5.10 Å². The van der Waals surface area contributed by atoms with Gasteiger partial charge in [0.1, 0.15) is 5.76 Å². The third-order valence-corrected chi connectivity index (χ3v) is 5.67. The van der Waals surface area contributed by atoms with E-state index < -0.39 is 10.0 Å². The lowest BCUT2D eigenvalue weighted by Gasteiger charge is -2.08. The lowest BCUT2D eigenvalue weighted by molar-refractivity contribution is 0.560. The van der Waals surface area contributed by atoms with Gasteiger partial charge < -0.3 is 4.42 Å². The summed E-state index contributed by atoms with van der Waals surface area (Å²) in [5, 5.41) is 4.19. The molecule has 120 valence electrons. The molecule has 3 aromatic rings. The Morgan fingerprint density at radius 3 is 2.78 bits per heavy atom. The van der Waals surface area contributed by atoms with Gasteiger partial charge in [-0.3, -0.25) is 4.68 Å². The molecule has 23 heavy (non-hydrogen) atoms. The molecule has 0 unspecified atom stereocenters. The number of nitrogens with one attached hydrogen (secondary N) is 1. The number of nitrogens with zero attached hydrogens (tertiary/aromatic N) is 2. The molecule has 0 aliphatic heterocycles. The van der Waals surface area contributed by atoms with Gasteiger partial charge in [0.2, 0.25) is 10.0 Å². The lowest BCUT2D eigenvalue weighted by atomic mass is 10.3. The van der Waals surface area contributed by atoms with E-state index in [0.717, 1.165) is 11.3 Å². The SMILES string of the molecule is O=S(=O)(NCCn1cc(-c2ccco2)cn1)c1ccccc1Br. The minimum Gasteiger partial charge on any atom is -0.464 e. The highest BCUT2D eigenvalue weighted by Crippen LogP contribution is 2.21. The molecule has 0 atom stereocenters. The molecule has 3 rings (SSSR count). The number of hydrogen-bond donors (Lipinski definition) is 1. The molecule has 1 aromatic carbocycles. The summed E-state index contributed by atoms with van der Waals surface area (Å²) >= 11 is 3.25. The van der Waals surface area contributed by atoms with Gasteiger partial charge in [0.25, 0.3) is 0 Å². The van der Waals surface area contributed by atoms with Gasteiger partial charge in [-0.15, -0.1) is 0 Å². The fraction of sp³-hybridized carbons (Fsp3) is 0.133. The molecule has 8 heteroatoms. The number of furan rings is 1. The monoisotopic (exact) mass is 395 g/mol. The van der Waals surface area contributed by atoms with E-state index in [1.165, 1.54) is 0 Å². The van der Waals surface area contributed by atoms with Crippen LogP contribution < -0.4 is 4.72 Å². The highest BCUT2D eigenvalue weighted by Gasteiger charge is 2.16. The van der Waals surface area contributed by atoms with E-state index in [0.29, 0.717) is 11.0 Å². The van der Waals surface area contributed by atoms with E-state index >= 15 is 0 Å². The Balaban J connectivity index is 1.62. The van der Waals surface area contributed by atoms with E-state index in [1.54, 1.807) is 47.5 Å². The van der Waals surface area contributed by atoms with E-state index in [4.69, 9.17) is 4.42 Å². The maximum Gasteiger partial charge on any atom is 0.241 e.